The molecule has 1 fully saturated rings. The molecule has 8 nitrogen and oxygen atoms in total. The lowest BCUT2D eigenvalue weighted by Gasteiger charge is -2.12. The predicted molar refractivity (Wildman–Crippen MR) is 80.5 cm³/mol. The second-order valence-electron chi connectivity index (χ2n) is 4.20. The molecule has 0 radical (unpaired) electrons. The standard InChI is InChI=1S/C12H12N6O2S2/c13-7-10(8-14)17-16-9-1-3-11(4-2-9)22(19,20)18-12-15-5-6-21-12/h1-4,10,12,15,18H,5-6H2/t12-/m1/s1. The summed E-state index contributed by atoms with van der Waals surface area (Å²) in [6, 6.07) is 7.85. The Labute approximate surface area is 132 Å². The van der Waals surface area contributed by atoms with Gasteiger partial charge < -0.3 is 0 Å². The minimum Gasteiger partial charge on any atom is -0.292 e. The molecular formula is C12H12N6O2S2. The number of nitrogens with zero attached hydrogens (tertiary/aromatic N) is 4. The number of rotatable bonds is 5. The van der Waals surface area contributed by atoms with E-state index in [0.29, 0.717) is 5.69 Å². The zero-order valence-electron chi connectivity index (χ0n) is 11.3. The van der Waals surface area contributed by atoms with Crippen LogP contribution < -0.4 is 10.0 Å². The van der Waals surface area contributed by atoms with Gasteiger partial charge in [-0.3, -0.25) is 5.32 Å². The van der Waals surface area contributed by atoms with Gasteiger partial charge in [0.25, 0.3) is 0 Å². The molecule has 1 heterocycles. The van der Waals surface area contributed by atoms with Crippen molar-refractivity contribution >= 4 is 27.5 Å². The SMILES string of the molecule is N#CC(C#N)N=Nc1ccc(S(=O)(=O)N[C@H]2NCCS2)cc1. The Balaban J connectivity index is 2.08. The van der Waals surface area contributed by atoms with Crippen LogP contribution in [0.4, 0.5) is 5.69 Å². The van der Waals surface area contributed by atoms with Crippen LogP contribution in [0.15, 0.2) is 39.4 Å². The van der Waals surface area contributed by atoms with Crippen LogP contribution in [0, 0.1) is 22.7 Å². The third kappa shape index (κ3) is 4.26. The summed E-state index contributed by atoms with van der Waals surface area (Å²) in [6.45, 7) is 0.760. The van der Waals surface area contributed by atoms with E-state index in [2.05, 4.69) is 20.3 Å². The van der Waals surface area contributed by atoms with Crippen LogP contribution in [-0.2, 0) is 10.0 Å². The molecule has 22 heavy (non-hydrogen) atoms. The van der Waals surface area contributed by atoms with Crippen molar-refractivity contribution in [2.75, 3.05) is 12.3 Å². The first-order chi connectivity index (χ1) is 10.5. The van der Waals surface area contributed by atoms with Gasteiger partial charge in [-0.05, 0) is 24.3 Å². The summed E-state index contributed by atoms with van der Waals surface area (Å²) in [4.78, 5) is 0.109. The lowest BCUT2D eigenvalue weighted by molar-refractivity contribution is 0.568. The molecule has 114 valence electrons. The second-order valence-corrected chi connectivity index (χ2v) is 7.12. The third-order valence-corrected chi connectivity index (χ3v) is 5.30. The highest BCUT2D eigenvalue weighted by Gasteiger charge is 2.22. The molecule has 1 aromatic rings. The van der Waals surface area contributed by atoms with Gasteiger partial charge >= 0.3 is 0 Å². The second kappa shape index (κ2) is 7.33. The van der Waals surface area contributed by atoms with Gasteiger partial charge in [0.05, 0.1) is 10.6 Å². The van der Waals surface area contributed by atoms with Crippen LogP contribution in [0.5, 0.6) is 0 Å². The lowest BCUT2D eigenvalue weighted by atomic mass is 10.3. The fourth-order valence-corrected chi connectivity index (χ4v) is 3.96. The number of nitriles is 2. The Morgan fingerprint density at radius 2 is 2.00 bits per heavy atom. The maximum Gasteiger partial charge on any atom is 0.242 e. The van der Waals surface area contributed by atoms with E-state index < -0.39 is 16.1 Å². The van der Waals surface area contributed by atoms with Gasteiger partial charge in [-0.25, -0.2) is 8.42 Å². The van der Waals surface area contributed by atoms with E-state index in [1.807, 2.05) is 0 Å². The topological polar surface area (TPSA) is 130 Å². The zero-order valence-corrected chi connectivity index (χ0v) is 12.9. The van der Waals surface area contributed by atoms with Gasteiger partial charge in [0.2, 0.25) is 16.1 Å². The third-order valence-electron chi connectivity index (χ3n) is 2.66. The van der Waals surface area contributed by atoms with Crippen molar-refractivity contribution in [3.63, 3.8) is 0 Å². The molecule has 10 heteroatoms. The van der Waals surface area contributed by atoms with Crippen LogP contribution in [0.2, 0.25) is 0 Å². The maximum atomic E-state index is 12.2. The fraction of sp³-hybridized carbons (Fsp3) is 0.333. The Morgan fingerprint density at radius 1 is 1.32 bits per heavy atom. The predicted octanol–water partition coefficient (Wildman–Crippen LogP) is 1.08. The minimum atomic E-state index is -3.61. The first-order valence-corrected chi connectivity index (χ1v) is 8.76. The summed E-state index contributed by atoms with van der Waals surface area (Å²) in [5.41, 5.74) is 0.0409. The van der Waals surface area contributed by atoms with Gasteiger partial charge in [-0.2, -0.15) is 25.5 Å². The quantitative estimate of drug-likeness (QED) is 0.774. The summed E-state index contributed by atoms with van der Waals surface area (Å²) < 4.78 is 26.9. The number of azo groups is 1. The van der Waals surface area contributed by atoms with Crippen LogP contribution in [-0.4, -0.2) is 32.3 Å². The van der Waals surface area contributed by atoms with E-state index in [-0.39, 0.29) is 10.4 Å². The molecule has 0 spiro atoms. The van der Waals surface area contributed by atoms with Crippen LogP contribution in [0.3, 0.4) is 0 Å². The summed E-state index contributed by atoms with van der Waals surface area (Å²) in [7, 11) is -3.61. The molecule has 0 aliphatic carbocycles. The molecule has 0 saturated carbocycles. The van der Waals surface area contributed by atoms with E-state index in [1.54, 1.807) is 12.1 Å². The van der Waals surface area contributed by atoms with Crippen LogP contribution in [0.1, 0.15) is 0 Å². The van der Waals surface area contributed by atoms with Gasteiger partial charge in [0, 0.05) is 12.3 Å². The van der Waals surface area contributed by atoms with Crippen molar-refractivity contribution < 1.29 is 8.42 Å². The van der Waals surface area contributed by atoms with E-state index in [0.717, 1.165) is 12.3 Å². The van der Waals surface area contributed by atoms with Crippen LogP contribution in [0.25, 0.3) is 0 Å². The van der Waals surface area contributed by atoms with Crippen molar-refractivity contribution in [2.45, 2.75) is 16.4 Å². The van der Waals surface area contributed by atoms with E-state index in [1.165, 1.54) is 36.0 Å². The number of thioether (sulfide) groups is 1. The van der Waals surface area contributed by atoms with E-state index in [9.17, 15) is 8.42 Å². The smallest absolute Gasteiger partial charge is 0.242 e. The minimum absolute atomic E-state index is 0.109. The van der Waals surface area contributed by atoms with Crippen molar-refractivity contribution in [1.29, 1.82) is 10.5 Å². The Hall–Kier alpha value is -1.98. The largest absolute Gasteiger partial charge is 0.292 e. The molecule has 2 N–H and O–H groups in total. The Kier molecular flexibility index (Phi) is 5.46. The molecule has 0 amide bonds. The van der Waals surface area contributed by atoms with Crippen molar-refractivity contribution in [1.82, 2.24) is 10.0 Å². The highest BCUT2D eigenvalue weighted by atomic mass is 32.2. The molecule has 0 bridgehead atoms. The van der Waals surface area contributed by atoms with E-state index in [4.69, 9.17) is 10.5 Å². The monoisotopic (exact) mass is 336 g/mol. The molecule has 2 rings (SSSR count). The first kappa shape index (κ1) is 16.4. The van der Waals surface area contributed by atoms with Crippen molar-refractivity contribution in [2.24, 2.45) is 10.2 Å². The maximum absolute atomic E-state index is 12.2. The van der Waals surface area contributed by atoms with Crippen LogP contribution >= 0.6 is 11.8 Å². The lowest BCUT2D eigenvalue weighted by Crippen LogP contribution is -2.39. The first-order valence-electron chi connectivity index (χ1n) is 6.22. The number of nitrogens with one attached hydrogen (secondary N) is 2. The van der Waals surface area contributed by atoms with Gasteiger partial charge in [-0.1, -0.05) is 0 Å². The molecular weight excluding hydrogens is 324 g/mol. The Morgan fingerprint density at radius 3 is 2.55 bits per heavy atom. The van der Waals surface area contributed by atoms with Gasteiger partial charge in [-0.15, -0.1) is 11.8 Å². The van der Waals surface area contributed by atoms with Crippen molar-refractivity contribution in [3.8, 4) is 12.1 Å². The number of benzene rings is 1. The van der Waals surface area contributed by atoms with Crippen molar-refractivity contribution in [3.05, 3.63) is 24.3 Å². The zero-order chi connectivity index (χ0) is 16.0. The number of hydrogen-bond acceptors (Lipinski definition) is 8. The highest BCUT2D eigenvalue weighted by molar-refractivity contribution is 8.01. The summed E-state index contributed by atoms with van der Waals surface area (Å²) in [5.74, 6) is 0.853. The average Bonchev–Trinajstić information content (AvgIpc) is 3.01. The summed E-state index contributed by atoms with van der Waals surface area (Å²) in [6.07, 6.45) is 0. The van der Waals surface area contributed by atoms with E-state index >= 15 is 0 Å². The normalized spacial score (nSPS) is 18.4. The number of hydrogen-bond donors (Lipinski definition) is 2. The molecule has 1 atom stereocenters. The number of sulfonamides is 1. The molecule has 1 aromatic carbocycles. The Bertz CT molecular complexity index is 712. The summed E-state index contributed by atoms with van der Waals surface area (Å²) >= 11 is 1.49. The molecule has 0 aromatic heterocycles. The highest BCUT2D eigenvalue weighted by Crippen LogP contribution is 2.19. The molecule has 1 saturated heterocycles. The van der Waals surface area contributed by atoms with Gasteiger partial charge in [0.15, 0.2) is 0 Å². The molecule has 1 aliphatic heterocycles. The molecule has 0 unspecified atom stereocenters. The summed E-state index contributed by atoms with van der Waals surface area (Å²) in [5, 5.41) is 27.4. The van der Waals surface area contributed by atoms with Gasteiger partial charge in [0.1, 0.15) is 17.6 Å². The fourth-order valence-electron chi connectivity index (χ4n) is 1.61. The average molecular weight is 336 g/mol. The molecule has 1 aliphatic rings.